The van der Waals surface area contributed by atoms with Gasteiger partial charge in [0.15, 0.2) is 5.02 Å². The first-order valence-corrected chi connectivity index (χ1v) is 9.68. The van der Waals surface area contributed by atoms with Crippen LogP contribution in [0.25, 0.3) is 0 Å². The van der Waals surface area contributed by atoms with Gasteiger partial charge in [-0.25, -0.2) is 0 Å². The van der Waals surface area contributed by atoms with Crippen LogP contribution in [0.2, 0.25) is 5.02 Å². The Hall–Kier alpha value is -2.45. The number of nitrogens with zero attached hydrogens (tertiary/aromatic N) is 3. The Morgan fingerprint density at radius 3 is 2.71 bits per heavy atom. The maximum Gasteiger partial charge on any atom is 0.387 e. The third-order valence-corrected chi connectivity index (χ3v) is 4.92. The minimum Gasteiger partial charge on any atom is -0.489 e. The molecule has 1 aliphatic heterocycles. The van der Waals surface area contributed by atoms with Gasteiger partial charge in [0.05, 0.1) is 18.0 Å². The number of rotatable bonds is 6. The molecular formula is C19H24ClN5O3. The number of nitrogens with one attached hydrogen (secondary N) is 2. The largest absolute Gasteiger partial charge is 0.489 e. The zero-order valence-corrected chi connectivity index (χ0v) is 16.9. The molecule has 0 spiro atoms. The van der Waals surface area contributed by atoms with Crippen LogP contribution in [-0.2, 0) is 0 Å². The van der Waals surface area contributed by atoms with Crippen LogP contribution in [0.3, 0.4) is 0 Å². The van der Waals surface area contributed by atoms with Gasteiger partial charge in [0.1, 0.15) is 5.75 Å². The van der Waals surface area contributed by atoms with Gasteiger partial charge in [-0.1, -0.05) is 11.6 Å². The average Bonchev–Trinajstić information content (AvgIpc) is 2.65. The molecule has 0 aliphatic carbocycles. The van der Waals surface area contributed by atoms with Gasteiger partial charge < -0.3 is 20.2 Å². The standard InChI is InChI=1S/C19H24ClN5O3/c1-11(2)28-17-9-14(13-4-6-21-7-5-13)12(3)8-16(17)23-19-22-10-15(20)18(24-19)25(26)27/h8-11,13,21H,4-7H2,1-3H3,(H,22,23,24). The van der Waals surface area contributed by atoms with Crippen LogP contribution in [-0.4, -0.2) is 34.1 Å². The van der Waals surface area contributed by atoms with Gasteiger partial charge in [-0.15, -0.1) is 0 Å². The first-order valence-electron chi connectivity index (χ1n) is 9.31. The number of hydrogen-bond donors (Lipinski definition) is 2. The number of ether oxygens (including phenoxy) is 1. The molecule has 1 saturated heterocycles. The van der Waals surface area contributed by atoms with Crippen LogP contribution in [0, 0.1) is 17.0 Å². The summed E-state index contributed by atoms with van der Waals surface area (Å²) in [7, 11) is 0. The van der Waals surface area contributed by atoms with Gasteiger partial charge in [-0.2, -0.15) is 4.98 Å². The monoisotopic (exact) mass is 405 g/mol. The fourth-order valence-corrected chi connectivity index (χ4v) is 3.55. The molecule has 0 amide bonds. The molecular weight excluding hydrogens is 382 g/mol. The Morgan fingerprint density at radius 2 is 2.07 bits per heavy atom. The van der Waals surface area contributed by atoms with Gasteiger partial charge in [0.25, 0.3) is 0 Å². The van der Waals surface area contributed by atoms with E-state index in [1.165, 1.54) is 11.8 Å². The molecule has 28 heavy (non-hydrogen) atoms. The Labute approximate surface area is 168 Å². The van der Waals surface area contributed by atoms with Crippen molar-refractivity contribution in [2.45, 2.75) is 45.6 Å². The lowest BCUT2D eigenvalue weighted by Crippen LogP contribution is -2.27. The number of nitro groups is 1. The van der Waals surface area contributed by atoms with Crippen molar-refractivity contribution < 1.29 is 9.66 Å². The van der Waals surface area contributed by atoms with Gasteiger partial charge in [0.2, 0.25) is 0 Å². The fourth-order valence-electron chi connectivity index (χ4n) is 3.39. The summed E-state index contributed by atoms with van der Waals surface area (Å²) in [4.78, 5) is 18.4. The molecule has 0 saturated carbocycles. The summed E-state index contributed by atoms with van der Waals surface area (Å²) in [5, 5.41) is 17.4. The van der Waals surface area contributed by atoms with Crippen molar-refractivity contribution in [3.05, 3.63) is 44.6 Å². The average molecular weight is 406 g/mol. The molecule has 9 heteroatoms. The highest BCUT2D eigenvalue weighted by atomic mass is 35.5. The van der Waals surface area contributed by atoms with E-state index in [4.69, 9.17) is 16.3 Å². The second kappa shape index (κ2) is 8.70. The number of piperidine rings is 1. The summed E-state index contributed by atoms with van der Waals surface area (Å²) < 4.78 is 6.01. The predicted molar refractivity (Wildman–Crippen MR) is 109 cm³/mol. The quantitative estimate of drug-likeness (QED) is 0.544. The number of hydrogen-bond acceptors (Lipinski definition) is 7. The van der Waals surface area contributed by atoms with Crippen LogP contribution in [0.15, 0.2) is 18.3 Å². The molecule has 3 rings (SSSR count). The van der Waals surface area contributed by atoms with E-state index in [0.717, 1.165) is 31.5 Å². The van der Waals surface area contributed by atoms with Crippen LogP contribution < -0.4 is 15.4 Å². The van der Waals surface area contributed by atoms with E-state index in [9.17, 15) is 10.1 Å². The summed E-state index contributed by atoms with van der Waals surface area (Å²) in [6.45, 7) is 7.99. The lowest BCUT2D eigenvalue weighted by atomic mass is 9.87. The highest BCUT2D eigenvalue weighted by Gasteiger charge is 2.22. The van der Waals surface area contributed by atoms with E-state index in [1.807, 2.05) is 19.9 Å². The molecule has 0 unspecified atom stereocenters. The zero-order chi connectivity index (χ0) is 20.3. The first-order chi connectivity index (χ1) is 13.3. The summed E-state index contributed by atoms with van der Waals surface area (Å²) in [5.74, 6) is 0.820. The molecule has 0 atom stereocenters. The number of aryl methyl sites for hydroxylation is 1. The van der Waals surface area contributed by atoms with Gasteiger partial charge in [0, 0.05) is 4.98 Å². The minimum absolute atomic E-state index is 0.0235. The number of aromatic nitrogens is 2. The van der Waals surface area contributed by atoms with Crippen LogP contribution in [0.1, 0.15) is 43.7 Å². The molecule has 1 aliphatic rings. The van der Waals surface area contributed by atoms with Crippen LogP contribution in [0.4, 0.5) is 17.5 Å². The fraction of sp³-hybridized carbons (Fsp3) is 0.474. The van der Waals surface area contributed by atoms with Crippen molar-refractivity contribution in [2.75, 3.05) is 18.4 Å². The molecule has 0 bridgehead atoms. The summed E-state index contributed by atoms with van der Waals surface area (Å²) in [6.07, 6.45) is 3.36. The van der Waals surface area contributed by atoms with Gasteiger partial charge in [-0.05, 0) is 80.8 Å². The summed E-state index contributed by atoms with van der Waals surface area (Å²) in [6, 6.07) is 4.05. The van der Waals surface area contributed by atoms with E-state index >= 15 is 0 Å². The van der Waals surface area contributed by atoms with E-state index in [2.05, 4.69) is 33.6 Å². The van der Waals surface area contributed by atoms with E-state index in [-0.39, 0.29) is 17.1 Å². The van der Waals surface area contributed by atoms with Crippen molar-refractivity contribution in [3.8, 4) is 5.75 Å². The lowest BCUT2D eigenvalue weighted by molar-refractivity contribution is -0.389. The Kier molecular flexibility index (Phi) is 6.31. The second-order valence-electron chi connectivity index (χ2n) is 7.14. The van der Waals surface area contributed by atoms with Crippen molar-refractivity contribution in [3.63, 3.8) is 0 Å². The molecule has 1 fully saturated rings. The summed E-state index contributed by atoms with van der Waals surface area (Å²) >= 11 is 5.80. The first kappa shape index (κ1) is 20.3. The van der Waals surface area contributed by atoms with E-state index < -0.39 is 10.7 Å². The predicted octanol–water partition coefficient (Wildman–Crippen LogP) is 4.34. The Balaban J connectivity index is 1.96. The van der Waals surface area contributed by atoms with Crippen LogP contribution >= 0.6 is 11.6 Å². The number of anilines is 2. The topological polar surface area (TPSA) is 102 Å². The van der Waals surface area contributed by atoms with Crippen molar-refractivity contribution >= 4 is 29.1 Å². The highest BCUT2D eigenvalue weighted by Crippen LogP contribution is 2.37. The molecule has 1 aromatic heterocycles. The Morgan fingerprint density at radius 1 is 1.36 bits per heavy atom. The molecule has 2 N–H and O–H groups in total. The highest BCUT2D eigenvalue weighted by molar-refractivity contribution is 6.32. The summed E-state index contributed by atoms with van der Waals surface area (Å²) in [5.41, 5.74) is 3.07. The zero-order valence-electron chi connectivity index (χ0n) is 16.2. The molecule has 1 aromatic carbocycles. The molecule has 0 radical (unpaired) electrons. The maximum atomic E-state index is 11.1. The van der Waals surface area contributed by atoms with Crippen molar-refractivity contribution in [1.29, 1.82) is 0 Å². The maximum absolute atomic E-state index is 11.1. The smallest absolute Gasteiger partial charge is 0.387 e. The van der Waals surface area contributed by atoms with Crippen LogP contribution in [0.5, 0.6) is 5.75 Å². The Bertz CT molecular complexity index is 869. The molecule has 2 aromatic rings. The van der Waals surface area contributed by atoms with Gasteiger partial charge in [-0.3, -0.25) is 5.32 Å². The SMILES string of the molecule is Cc1cc(Nc2ncc(Cl)c([N+](=O)[O-])n2)c(OC(C)C)cc1C1CCNCC1. The third-order valence-electron chi connectivity index (χ3n) is 4.65. The van der Waals surface area contributed by atoms with Crippen molar-refractivity contribution in [2.24, 2.45) is 0 Å². The lowest BCUT2D eigenvalue weighted by Gasteiger charge is -2.26. The van der Waals surface area contributed by atoms with E-state index in [1.54, 1.807) is 0 Å². The minimum atomic E-state index is -0.633. The normalized spacial score (nSPS) is 14.9. The number of benzene rings is 1. The van der Waals surface area contributed by atoms with Crippen molar-refractivity contribution in [1.82, 2.24) is 15.3 Å². The molecule has 2 heterocycles. The molecule has 150 valence electrons. The molecule has 8 nitrogen and oxygen atoms in total. The third kappa shape index (κ3) is 4.69. The van der Waals surface area contributed by atoms with Gasteiger partial charge >= 0.3 is 11.8 Å². The second-order valence-corrected chi connectivity index (χ2v) is 7.55. The number of halogens is 1. The van der Waals surface area contributed by atoms with E-state index in [0.29, 0.717) is 17.4 Å².